The van der Waals surface area contributed by atoms with Crippen molar-refractivity contribution < 1.29 is 14.6 Å². The van der Waals surface area contributed by atoms with E-state index in [0.29, 0.717) is 6.61 Å². The number of alkyl carbamates (subject to hydrolysis) is 1. The molecule has 24 heavy (non-hydrogen) atoms. The second kappa shape index (κ2) is 10.7. The smallest absolute Gasteiger partial charge is 0.407 e. The monoisotopic (exact) mass is 331 g/mol. The summed E-state index contributed by atoms with van der Waals surface area (Å²) in [5, 5.41) is 11.5. The summed E-state index contributed by atoms with van der Waals surface area (Å²) in [6.45, 7) is 6.39. The molecule has 0 spiro atoms. The number of unbranched alkanes of at least 4 members (excludes halogenated alkanes) is 2. The zero-order chi connectivity index (χ0) is 17.8. The number of ether oxygens (including phenoxy) is 1. The van der Waals surface area contributed by atoms with Crippen LogP contribution in [-0.2, 0) is 11.2 Å². The van der Waals surface area contributed by atoms with Crippen LogP contribution in [0.1, 0.15) is 57.6 Å². The number of carbonyl (C=O) groups excluding carboxylic acids is 1. The van der Waals surface area contributed by atoms with Crippen LogP contribution in [0.3, 0.4) is 0 Å². The average Bonchev–Trinajstić information content (AvgIpc) is 2.50. The molecule has 0 unspecified atom stereocenters. The summed E-state index contributed by atoms with van der Waals surface area (Å²) in [5.74, 6) is 6.28. The van der Waals surface area contributed by atoms with Crippen molar-refractivity contribution in [1.29, 1.82) is 0 Å². The van der Waals surface area contributed by atoms with E-state index in [1.165, 1.54) is 5.56 Å². The molecule has 4 nitrogen and oxygen atoms in total. The van der Waals surface area contributed by atoms with Gasteiger partial charge in [-0.3, -0.25) is 0 Å². The maximum absolute atomic E-state index is 11.6. The van der Waals surface area contributed by atoms with Gasteiger partial charge in [-0.25, -0.2) is 4.79 Å². The molecular weight excluding hydrogens is 302 g/mol. The fraction of sp³-hybridized carbons (Fsp3) is 0.550. The van der Waals surface area contributed by atoms with Gasteiger partial charge < -0.3 is 15.2 Å². The van der Waals surface area contributed by atoms with Crippen LogP contribution >= 0.6 is 0 Å². The molecule has 0 atom stereocenters. The summed E-state index contributed by atoms with van der Waals surface area (Å²) < 4.78 is 5.17. The number of hydrogen-bond acceptors (Lipinski definition) is 3. The highest BCUT2D eigenvalue weighted by molar-refractivity contribution is 5.68. The van der Waals surface area contributed by atoms with E-state index in [1.54, 1.807) is 0 Å². The van der Waals surface area contributed by atoms with Crippen molar-refractivity contribution in [1.82, 2.24) is 5.32 Å². The van der Waals surface area contributed by atoms with Gasteiger partial charge in [0, 0.05) is 24.1 Å². The molecule has 1 rings (SSSR count). The second-order valence-electron chi connectivity index (χ2n) is 6.80. The van der Waals surface area contributed by atoms with E-state index in [1.807, 2.05) is 32.9 Å². The van der Waals surface area contributed by atoms with Gasteiger partial charge in [0.25, 0.3) is 0 Å². The van der Waals surface area contributed by atoms with Crippen LogP contribution < -0.4 is 5.32 Å². The first-order valence-corrected chi connectivity index (χ1v) is 8.54. The predicted molar refractivity (Wildman–Crippen MR) is 96.8 cm³/mol. The first-order chi connectivity index (χ1) is 11.4. The van der Waals surface area contributed by atoms with Crippen LogP contribution in [0.4, 0.5) is 4.79 Å². The number of aliphatic hydroxyl groups is 1. The number of rotatable bonds is 7. The van der Waals surface area contributed by atoms with Crippen molar-refractivity contribution in [2.45, 2.75) is 58.4 Å². The predicted octanol–water partition coefficient (Wildman–Crippen LogP) is 3.66. The van der Waals surface area contributed by atoms with Crippen LogP contribution in [0.15, 0.2) is 24.3 Å². The minimum atomic E-state index is -0.370. The Kier molecular flexibility index (Phi) is 8.96. The summed E-state index contributed by atoms with van der Waals surface area (Å²) >= 11 is 0. The molecule has 0 bridgehead atoms. The standard InChI is InChI=1S/C20H29NO3/c1-20(2,3)21-19(23)24-15-9-13-18-12-8-11-17(16-18)10-6-4-5-7-14-22/h8,11-12,16,22H,4-5,7,9,13-15H2,1-3H3,(H,21,23). The molecule has 1 aromatic rings. The van der Waals surface area contributed by atoms with Crippen molar-refractivity contribution >= 4 is 6.09 Å². The lowest BCUT2D eigenvalue weighted by Crippen LogP contribution is -2.41. The molecule has 0 saturated heterocycles. The van der Waals surface area contributed by atoms with Gasteiger partial charge in [0.2, 0.25) is 0 Å². The van der Waals surface area contributed by atoms with E-state index in [0.717, 1.165) is 37.7 Å². The van der Waals surface area contributed by atoms with Gasteiger partial charge in [0.1, 0.15) is 0 Å². The molecule has 0 aliphatic rings. The Labute approximate surface area is 145 Å². The lowest BCUT2D eigenvalue weighted by Gasteiger charge is -2.19. The van der Waals surface area contributed by atoms with E-state index >= 15 is 0 Å². The molecule has 1 amide bonds. The maximum Gasteiger partial charge on any atom is 0.407 e. The molecule has 0 aliphatic heterocycles. The zero-order valence-electron chi connectivity index (χ0n) is 15.0. The van der Waals surface area contributed by atoms with Crippen LogP contribution in [0.2, 0.25) is 0 Å². The minimum Gasteiger partial charge on any atom is -0.450 e. The van der Waals surface area contributed by atoms with Gasteiger partial charge in [-0.2, -0.15) is 0 Å². The molecule has 0 fully saturated rings. The number of nitrogens with one attached hydrogen (secondary N) is 1. The fourth-order valence-corrected chi connectivity index (χ4v) is 2.08. The average molecular weight is 331 g/mol. The Balaban J connectivity index is 2.33. The first-order valence-electron chi connectivity index (χ1n) is 8.54. The van der Waals surface area contributed by atoms with Crippen LogP contribution in [-0.4, -0.2) is 30.0 Å². The van der Waals surface area contributed by atoms with Gasteiger partial charge in [0.15, 0.2) is 0 Å². The second-order valence-corrected chi connectivity index (χ2v) is 6.80. The van der Waals surface area contributed by atoms with Crippen LogP contribution in [0, 0.1) is 11.8 Å². The number of amides is 1. The lowest BCUT2D eigenvalue weighted by atomic mass is 10.1. The van der Waals surface area contributed by atoms with E-state index < -0.39 is 0 Å². The Morgan fingerprint density at radius 3 is 2.75 bits per heavy atom. The van der Waals surface area contributed by atoms with E-state index in [2.05, 4.69) is 29.3 Å². The molecule has 132 valence electrons. The summed E-state index contributed by atoms with van der Waals surface area (Å²) in [6, 6.07) is 8.14. The first kappa shape index (κ1) is 20.1. The third-order valence-corrected chi connectivity index (χ3v) is 3.19. The Morgan fingerprint density at radius 2 is 2.04 bits per heavy atom. The maximum atomic E-state index is 11.6. The highest BCUT2D eigenvalue weighted by Gasteiger charge is 2.14. The molecule has 0 aromatic heterocycles. The summed E-state index contributed by atoms with van der Waals surface area (Å²) in [6.07, 6.45) is 3.80. The number of hydrogen-bond donors (Lipinski definition) is 2. The summed E-state index contributed by atoms with van der Waals surface area (Å²) in [7, 11) is 0. The number of benzene rings is 1. The van der Waals surface area contributed by atoms with E-state index in [4.69, 9.17) is 9.84 Å². The summed E-state index contributed by atoms with van der Waals surface area (Å²) in [4.78, 5) is 11.6. The Hall–Kier alpha value is -1.99. The molecule has 4 heteroatoms. The van der Waals surface area contributed by atoms with Crippen molar-refractivity contribution in [2.24, 2.45) is 0 Å². The third kappa shape index (κ3) is 9.91. The Bertz CT molecular complexity index is 564. The summed E-state index contributed by atoms with van der Waals surface area (Å²) in [5.41, 5.74) is 1.92. The fourth-order valence-electron chi connectivity index (χ4n) is 2.08. The Morgan fingerprint density at radius 1 is 1.25 bits per heavy atom. The molecule has 0 radical (unpaired) electrons. The van der Waals surface area contributed by atoms with Crippen molar-refractivity contribution in [3.05, 3.63) is 35.4 Å². The van der Waals surface area contributed by atoms with Gasteiger partial charge >= 0.3 is 6.09 Å². The van der Waals surface area contributed by atoms with Crippen molar-refractivity contribution in [3.8, 4) is 11.8 Å². The van der Waals surface area contributed by atoms with Gasteiger partial charge in [-0.15, -0.1) is 0 Å². The number of aryl methyl sites for hydroxylation is 1. The quantitative estimate of drug-likeness (QED) is 0.592. The molecule has 1 aromatic carbocycles. The van der Waals surface area contributed by atoms with E-state index in [-0.39, 0.29) is 18.2 Å². The number of carbonyl (C=O) groups is 1. The van der Waals surface area contributed by atoms with Crippen LogP contribution in [0.5, 0.6) is 0 Å². The van der Waals surface area contributed by atoms with Gasteiger partial charge in [0.05, 0.1) is 6.61 Å². The van der Waals surface area contributed by atoms with Crippen molar-refractivity contribution in [3.63, 3.8) is 0 Å². The zero-order valence-corrected chi connectivity index (χ0v) is 15.0. The lowest BCUT2D eigenvalue weighted by molar-refractivity contribution is 0.136. The van der Waals surface area contributed by atoms with Gasteiger partial charge in [-0.1, -0.05) is 24.0 Å². The molecule has 2 N–H and O–H groups in total. The highest BCUT2D eigenvalue weighted by atomic mass is 16.5. The SMILES string of the molecule is CC(C)(C)NC(=O)OCCCc1cccc(C#CCCCCO)c1. The minimum absolute atomic E-state index is 0.229. The molecular formula is C20H29NO3. The normalized spacial score (nSPS) is 10.7. The topological polar surface area (TPSA) is 58.6 Å². The van der Waals surface area contributed by atoms with E-state index in [9.17, 15) is 4.79 Å². The van der Waals surface area contributed by atoms with Crippen LogP contribution in [0.25, 0.3) is 0 Å². The molecule has 0 heterocycles. The highest BCUT2D eigenvalue weighted by Crippen LogP contribution is 2.07. The number of aliphatic hydroxyl groups excluding tert-OH is 1. The molecule has 0 aliphatic carbocycles. The largest absolute Gasteiger partial charge is 0.450 e. The van der Waals surface area contributed by atoms with Gasteiger partial charge in [-0.05, 0) is 64.2 Å². The van der Waals surface area contributed by atoms with Crippen molar-refractivity contribution in [2.75, 3.05) is 13.2 Å². The third-order valence-electron chi connectivity index (χ3n) is 3.19. The molecule has 0 saturated carbocycles.